The second-order valence-electron chi connectivity index (χ2n) is 4.66. The first kappa shape index (κ1) is 13.9. The predicted octanol–water partition coefficient (Wildman–Crippen LogP) is 4.85. The highest BCUT2D eigenvalue weighted by Gasteiger charge is 1.92. The van der Waals surface area contributed by atoms with Gasteiger partial charge in [-0.25, -0.2) is 0 Å². The maximum atomic E-state index is 3.17. The summed E-state index contributed by atoms with van der Waals surface area (Å²) in [4.78, 5) is 0. The van der Waals surface area contributed by atoms with E-state index in [1.165, 1.54) is 57.8 Å². The van der Waals surface area contributed by atoms with E-state index >= 15 is 0 Å². The second-order valence-corrected chi connectivity index (χ2v) is 4.66. The summed E-state index contributed by atoms with van der Waals surface area (Å²) in [5.74, 6) is 12.4. The van der Waals surface area contributed by atoms with E-state index < -0.39 is 0 Å². The zero-order chi connectivity index (χ0) is 12.0. The highest BCUT2D eigenvalue weighted by molar-refractivity contribution is 5.24. The van der Waals surface area contributed by atoms with Crippen molar-refractivity contribution in [3.63, 3.8) is 0 Å². The summed E-state index contributed by atoms with van der Waals surface area (Å²) in [5.41, 5.74) is 0. The molecule has 0 bridgehead atoms. The molecule has 0 aromatic rings. The molecule has 0 amide bonds. The Labute approximate surface area is 107 Å². The Bertz CT molecular complexity index is 281. The SMILES string of the molecule is C1#CCCCCCCCCCCCC#C/C=C/1. The number of allylic oxidation sites excluding steroid dienone is 2. The number of hydrogen-bond donors (Lipinski definition) is 0. The fourth-order valence-corrected chi connectivity index (χ4v) is 2.01. The summed E-state index contributed by atoms with van der Waals surface area (Å²) < 4.78 is 0. The van der Waals surface area contributed by atoms with E-state index in [0.29, 0.717) is 0 Å². The summed E-state index contributed by atoms with van der Waals surface area (Å²) in [6.45, 7) is 0. The molecule has 0 spiro atoms. The van der Waals surface area contributed by atoms with E-state index in [1.54, 1.807) is 0 Å². The molecule has 0 unspecified atom stereocenters. The molecule has 0 saturated carbocycles. The molecule has 0 heterocycles. The standard InChI is InChI=1S/C17H24/c1-2-4-6-8-10-12-14-16-17-15-13-11-9-7-5-3-1/h1-2H,7-17H2/b2-1+. The van der Waals surface area contributed by atoms with Crippen LogP contribution in [0.1, 0.15) is 70.6 Å². The molecular formula is C17H24. The van der Waals surface area contributed by atoms with Gasteiger partial charge in [0.15, 0.2) is 0 Å². The highest BCUT2D eigenvalue weighted by Crippen LogP contribution is 2.11. The third-order valence-corrected chi connectivity index (χ3v) is 3.06. The quantitative estimate of drug-likeness (QED) is 0.520. The molecule has 0 radical (unpaired) electrons. The molecule has 1 aliphatic rings. The van der Waals surface area contributed by atoms with Crippen molar-refractivity contribution < 1.29 is 0 Å². The van der Waals surface area contributed by atoms with Crippen LogP contribution < -0.4 is 0 Å². The van der Waals surface area contributed by atoms with Crippen molar-refractivity contribution in [2.45, 2.75) is 70.6 Å². The minimum absolute atomic E-state index is 1.04. The van der Waals surface area contributed by atoms with Crippen molar-refractivity contribution in [1.29, 1.82) is 0 Å². The van der Waals surface area contributed by atoms with E-state index in [9.17, 15) is 0 Å². The van der Waals surface area contributed by atoms with Gasteiger partial charge in [0.05, 0.1) is 0 Å². The van der Waals surface area contributed by atoms with Crippen LogP contribution in [0, 0.1) is 23.7 Å². The van der Waals surface area contributed by atoms with Crippen molar-refractivity contribution in [2.75, 3.05) is 0 Å². The molecule has 1 aliphatic carbocycles. The minimum Gasteiger partial charge on any atom is -0.0985 e. The Kier molecular flexibility index (Phi) is 9.29. The van der Waals surface area contributed by atoms with Gasteiger partial charge >= 0.3 is 0 Å². The van der Waals surface area contributed by atoms with Crippen LogP contribution in [-0.2, 0) is 0 Å². The lowest BCUT2D eigenvalue weighted by atomic mass is 10.1. The van der Waals surface area contributed by atoms with Crippen LogP contribution in [0.5, 0.6) is 0 Å². The Morgan fingerprint density at radius 2 is 0.824 bits per heavy atom. The summed E-state index contributed by atoms with van der Waals surface area (Å²) in [7, 11) is 0. The smallest absolute Gasteiger partial charge is 0.00922 e. The average Bonchev–Trinajstić information content (AvgIpc) is 2.35. The van der Waals surface area contributed by atoms with E-state index in [1.807, 2.05) is 12.2 Å². The minimum atomic E-state index is 1.04. The van der Waals surface area contributed by atoms with E-state index in [-0.39, 0.29) is 0 Å². The maximum Gasteiger partial charge on any atom is 0.00922 e. The van der Waals surface area contributed by atoms with E-state index in [0.717, 1.165) is 12.8 Å². The summed E-state index contributed by atoms with van der Waals surface area (Å²) in [5, 5.41) is 0. The van der Waals surface area contributed by atoms with Crippen LogP contribution in [0.4, 0.5) is 0 Å². The van der Waals surface area contributed by atoms with Crippen molar-refractivity contribution in [2.24, 2.45) is 0 Å². The highest BCUT2D eigenvalue weighted by atomic mass is 14.0. The molecule has 0 nitrogen and oxygen atoms in total. The number of hydrogen-bond acceptors (Lipinski definition) is 0. The lowest BCUT2D eigenvalue weighted by Gasteiger charge is -2.00. The largest absolute Gasteiger partial charge is 0.0985 e. The van der Waals surface area contributed by atoms with Gasteiger partial charge in [0.1, 0.15) is 0 Å². The lowest BCUT2D eigenvalue weighted by Crippen LogP contribution is -1.81. The maximum absolute atomic E-state index is 3.17. The molecule has 0 fully saturated rings. The van der Waals surface area contributed by atoms with Gasteiger partial charge in [0.25, 0.3) is 0 Å². The molecule has 0 saturated heterocycles. The van der Waals surface area contributed by atoms with Crippen molar-refractivity contribution >= 4 is 0 Å². The van der Waals surface area contributed by atoms with Gasteiger partial charge in [0, 0.05) is 12.8 Å². The predicted molar refractivity (Wildman–Crippen MR) is 75.5 cm³/mol. The van der Waals surface area contributed by atoms with Crippen LogP contribution in [0.15, 0.2) is 12.2 Å². The topological polar surface area (TPSA) is 0 Å². The summed E-state index contributed by atoms with van der Waals surface area (Å²) in [6.07, 6.45) is 18.1. The molecule has 0 aliphatic heterocycles. The van der Waals surface area contributed by atoms with Crippen molar-refractivity contribution in [3.05, 3.63) is 12.2 Å². The van der Waals surface area contributed by atoms with Gasteiger partial charge in [-0.05, 0) is 25.0 Å². The molecule has 1 rings (SSSR count). The normalized spacial score (nSPS) is 21.2. The second kappa shape index (κ2) is 11.3. The Hall–Kier alpha value is -1.14. The van der Waals surface area contributed by atoms with Gasteiger partial charge in [-0.15, -0.1) is 0 Å². The molecule has 0 atom stereocenters. The van der Waals surface area contributed by atoms with Crippen molar-refractivity contribution in [3.8, 4) is 23.7 Å². The van der Waals surface area contributed by atoms with E-state index in [4.69, 9.17) is 0 Å². The Morgan fingerprint density at radius 3 is 1.24 bits per heavy atom. The Morgan fingerprint density at radius 1 is 0.471 bits per heavy atom. The van der Waals surface area contributed by atoms with Gasteiger partial charge in [-0.3, -0.25) is 0 Å². The third-order valence-electron chi connectivity index (χ3n) is 3.06. The molecule has 92 valence electrons. The van der Waals surface area contributed by atoms with Crippen molar-refractivity contribution in [1.82, 2.24) is 0 Å². The van der Waals surface area contributed by atoms with Gasteiger partial charge < -0.3 is 0 Å². The zero-order valence-corrected chi connectivity index (χ0v) is 10.9. The average molecular weight is 228 g/mol. The zero-order valence-electron chi connectivity index (χ0n) is 10.9. The monoisotopic (exact) mass is 228 g/mol. The van der Waals surface area contributed by atoms with Crippen LogP contribution in [-0.4, -0.2) is 0 Å². The summed E-state index contributed by atoms with van der Waals surface area (Å²) in [6, 6.07) is 0. The first-order chi connectivity index (χ1) is 8.50. The fourth-order valence-electron chi connectivity index (χ4n) is 2.01. The molecule has 0 aromatic heterocycles. The molecule has 0 aromatic carbocycles. The number of rotatable bonds is 0. The first-order valence-corrected chi connectivity index (χ1v) is 7.12. The van der Waals surface area contributed by atoms with Crippen LogP contribution in [0.2, 0.25) is 0 Å². The van der Waals surface area contributed by atoms with Gasteiger partial charge in [0.2, 0.25) is 0 Å². The molecule has 0 heteroatoms. The van der Waals surface area contributed by atoms with Gasteiger partial charge in [-0.2, -0.15) is 0 Å². The van der Waals surface area contributed by atoms with Gasteiger partial charge in [-0.1, -0.05) is 68.6 Å². The van der Waals surface area contributed by atoms with Crippen LogP contribution in [0.25, 0.3) is 0 Å². The Balaban J connectivity index is 2.27. The van der Waals surface area contributed by atoms with E-state index in [2.05, 4.69) is 23.7 Å². The van der Waals surface area contributed by atoms with Crippen LogP contribution in [0.3, 0.4) is 0 Å². The molecular weight excluding hydrogens is 204 g/mol. The van der Waals surface area contributed by atoms with Crippen LogP contribution >= 0.6 is 0 Å². The summed E-state index contributed by atoms with van der Waals surface area (Å²) >= 11 is 0. The fraction of sp³-hybridized carbons (Fsp3) is 0.647. The third kappa shape index (κ3) is 9.77. The molecule has 17 heavy (non-hydrogen) atoms. The lowest BCUT2D eigenvalue weighted by molar-refractivity contribution is 0.563. The molecule has 0 N–H and O–H groups in total. The first-order valence-electron chi connectivity index (χ1n) is 7.12.